The highest BCUT2D eigenvalue weighted by atomic mass is 16.7. The Bertz CT molecular complexity index is 1840. The predicted octanol–water partition coefficient (Wildman–Crippen LogP) is -0.497. The first-order valence-electron chi connectivity index (χ1n) is 24.6. The average molecular weight is 1010 g/mol. The van der Waals surface area contributed by atoms with Crippen molar-refractivity contribution in [2.45, 2.75) is 189 Å². The summed E-state index contributed by atoms with van der Waals surface area (Å²) in [5.74, 6) is -5.95. The molecule has 14 N–H and O–H groups in total. The Balaban J connectivity index is 1.60. The first-order valence-corrected chi connectivity index (χ1v) is 24.6. The highest BCUT2D eigenvalue weighted by molar-refractivity contribution is 5.80. The van der Waals surface area contributed by atoms with E-state index in [4.69, 9.17) is 29.4 Å². The van der Waals surface area contributed by atoms with Crippen LogP contribution in [0.25, 0.3) is 0 Å². The van der Waals surface area contributed by atoms with Gasteiger partial charge in [0.15, 0.2) is 12.1 Å². The summed E-state index contributed by atoms with van der Waals surface area (Å²) in [4.78, 5) is 26.6. The summed E-state index contributed by atoms with van der Waals surface area (Å²) in [6.07, 6.45) is 2.79. The number of amides is 1. The van der Waals surface area contributed by atoms with Crippen molar-refractivity contribution >= 4 is 11.9 Å². The van der Waals surface area contributed by atoms with Crippen LogP contribution < -0.4 is 11.1 Å². The molecule has 1 amide bonds. The molecule has 0 aromatic rings. The minimum atomic E-state index is -2.32. The van der Waals surface area contributed by atoms with Gasteiger partial charge in [-0.15, -0.1) is 0 Å². The first kappa shape index (κ1) is 60.0. The van der Waals surface area contributed by atoms with Gasteiger partial charge >= 0.3 is 5.97 Å². The van der Waals surface area contributed by atoms with E-state index in [-0.39, 0.29) is 44.8 Å². The number of allylic oxidation sites excluding steroid dienone is 12. The van der Waals surface area contributed by atoms with E-state index < -0.39 is 159 Å². The number of rotatable bonds is 4. The molecule has 0 aromatic carbocycles. The Hall–Kier alpha value is -3.52. The molecule has 3 fully saturated rings. The topological polar surface area (TPSA) is 341 Å². The fourth-order valence-corrected chi connectivity index (χ4v) is 8.95. The number of esters is 1. The molecule has 2 bridgehead atoms. The summed E-state index contributed by atoms with van der Waals surface area (Å²) < 4.78 is 29.0. The fraction of sp³-hybridized carbons (Fsp3) is 0.686. The number of cyclic esters (lactones) is 1. The molecule has 0 saturated carbocycles. The van der Waals surface area contributed by atoms with Gasteiger partial charge in [0, 0.05) is 37.5 Å². The van der Waals surface area contributed by atoms with Gasteiger partial charge in [0.05, 0.1) is 111 Å². The molecule has 0 spiro atoms. The SMILES string of the molecule is C[C@@H]1[C@H](O)[C@@H](C)/C=C/C=C/C=C/C=C/C=C/C=C/C=C/[C@H](O[C@@H]2O[C@H](C)[C@@H](O)[C@H](N)[C@H]2O)C[C@@H]2O[C@](O)(C[C@@H](O)C[C@@H](O)[C@H](O)CC[C@@H](O)C[C@@H](O)CC(=O)O[C@H]1C)C[C@H](O)C2C(=O)NC1COC[C@H]1O. The van der Waals surface area contributed by atoms with Crippen LogP contribution in [0, 0.1) is 17.8 Å². The molecular formula is C51H80N2O18. The molecule has 20 heteroatoms. The molecule has 4 aliphatic rings. The lowest BCUT2D eigenvalue weighted by atomic mass is 9.82. The number of aliphatic hydroxyl groups is 11. The quantitative estimate of drug-likeness (QED) is 0.158. The van der Waals surface area contributed by atoms with E-state index in [1.54, 1.807) is 81.5 Å². The van der Waals surface area contributed by atoms with Crippen molar-refractivity contribution in [1.82, 2.24) is 5.32 Å². The van der Waals surface area contributed by atoms with Gasteiger partial charge in [-0.3, -0.25) is 9.59 Å². The molecule has 0 aromatic heterocycles. The predicted molar refractivity (Wildman–Crippen MR) is 258 cm³/mol. The lowest BCUT2D eigenvalue weighted by Crippen LogP contribution is -2.62. The molecule has 4 rings (SSSR count). The number of hydrogen-bond acceptors (Lipinski definition) is 19. The molecule has 3 saturated heterocycles. The monoisotopic (exact) mass is 1010 g/mol. The summed E-state index contributed by atoms with van der Waals surface area (Å²) in [7, 11) is 0. The van der Waals surface area contributed by atoms with E-state index in [0.717, 1.165) is 0 Å². The van der Waals surface area contributed by atoms with Crippen molar-refractivity contribution in [1.29, 1.82) is 0 Å². The number of nitrogens with one attached hydrogen (secondary N) is 1. The largest absolute Gasteiger partial charge is 0.462 e. The Kier molecular flexibility index (Phi) is 24.9. The third-order valence-corrected chi connectivity index (χ3v) is 13.4. The first-order chi connectivity index (χ1) is 33.6. The lowest BCUT2D eigenvalue weighted by molar-refractivity contribution is -0.307. The molecule has 2 unspecified atom stereocenters. The van der Waals surface area contributed by atoms with Crippen molar-refractivity contribution in [2.24, 2.45) is 23.5 Å². The summed E-state index contributed by atoms with van der Waals surface area (Å²) >= 11 is 0. The number of ether oxygens (including phenoxy) is 5. The molecule has 4 aliphatic heterocycles. The second-order valence-corrected chi connectivity index (χ2v) is 19.4. The molecular weight excluding hydrogens is 929 g/mol. The van der Waals surface area contributed by atoms with Gasteiger partial charge < -0.3 is 90.9 Å². The Labute approximate surface area is 416 Å². The minimum absolute atomic E-state index is 0.00762. The van der Waals surface area contributed by atoms with Crippen LogP contribution in [0.4, 0.5) is 0 Å². The molecule has 71 heavy (non-hydrogen) atoms. The number of nitrogens with two attached hydrogens (primary N) is 1. The smallest absolute Gasteiger partial charge is 0.308 e. The van der Waals surface area contributed by atoms with Crippen molar-refractivity contribution in [3.8, 4) is 0 Å². The molecule has 0 radical (unpaired) electrons. The van der Waals surface area contributed by atoms with E-state index in [0.29, 0.717) is 0 Å². The number of carbonyl (C=O) groups excluding carboxylic acids is 2. The number of hydrogen-bond donors (Lipinski definition) is 13. The Morgan fingerprint density at radius 3 is 1.87 bits per heavy atom. The third kappa shape index (κ3) is 19.4. The van der Waals surface area contributed by atoms with Crippen LogP contribution in [0.3, 0.4) is 0 Å². The van der Waals surface area contributed by atoms with Gasteiger partial charge in [0.2, 0.25) is 5.91 Å². The fourth-order valence-electron chi connectivity index (χ4n) is 8.95. The van der Waals surface area contributed by atoms with E-state index in [1.165, 1.54) is 0 Å². The number of carbonyl (C=O) groups is 2. The molecule has 402 valence electrons. The van der Waals surface area contributed by atoms with Crippen LogP contribution in [-0.2, 0) is 33.3 Å². The summed E-state index contributed by atoms with van der Waals surface area (Å²) in [5, 5.41) is 123. The maximum atomic E-state index is 13.9. The van der Waals surface area contributed by atoms with Crippen LogP contribution in [0.5, 0.6) is 0 Å². The zero-order chi connectivity index (χ0) is 52.4. The number of aliphatic hydroxyl groups excluding tert-OH is 10. The van der Waals surface area contributed by atoms with Crippen molar-refractivity contribution in [2.75, 3.05) is 13.2 Å². The standard InChI is InChI=1S/C51H80N2O18/c1-29-17-15-13-11-9-7-5-6-8-10-12-14-16-18-36(70-50-48(64)45(52)47(63)32(4)69-50)24-42-44(49(65)53-37-27-67-28-41(37)60)40(59)26-51(66,71-42)25-35(56)22-39(58)38(57)20-19-33(54)21-34(55)23-43(61)68-31(3)30(2)46(29)62/h5-18,29-42,44-48,50,54-60,62-64,66H,19-28,52H2,1-4H3,(H,53,65)/b6-5+,9-7+,10-8+,13-11+,14-12+,17-15+,18-16+/t29-,30-,31-,32+,33+,34+,35-,36-,37?,38+,39+,40-,41+,42-,44?,45-,46+,47+,48+,50-,51+/m0/s1. The van der Waals surface area contributed by atoms with Gasteiger partial charge in [-0.2, -0.15) is 0 Å². The van der Waals surface area contributed by atoms with Gasteiger partial charge in [-0.25, -0.2) is 0 Å². The Morgan fingerprint density at radius 2 is 1.27 bits per heavy atom. The molecule has 21 atom stereocenters. The normalized spacial score (nSPS) is 45.8. The zero-order valence-electron chi connectivity index (χ0n) is 41.1. The second-order valence-electron chi connectivity index (χ2n) is 19.4. The van der Waals surface area contributed by atoms with Crippen LogP contribution in [0.1, 0.15) is 79.1 Å². The highest BCUT2D eigenvalue weighted by Crippen LogP contribution is 2.38. The summed E-state index contributed by atoms with van der Waals surface area (Å²) in [6, 6.07) is -1.98. The van der Waals surface area contributed by atoms with Crippen LogP contribution >= 0.6 is 0 Å². The van der Waals surface area contributed by atoms with Crippen LogP contribution in [-0.4, -0.2) is 191 Å². The number of fused-ring (bicyclic) bond motifs is 2. The third-order valence-electron chi connectivity index (χ3n) is 13.4. The average Bonchev–Trinajstić information content (AvgIpc) is 3.70. The van der Waals surface area contributed by atoms with Gasteiger partial charge in [-0.1, -0.05) is 98.9 Å². The second kappa shape index (κ2) is 29.4. The maximum Gasteiger partial charge on any atom is 0.308 e. The lowest BCUT2D eigenvalue weighted by Gasteiger charge is -2.46. The van der Waals surface area contributed by atoms with E-state index in [9.17, 15) is 65.8 Å². The van der Waals surface area contributed by atoms with E-state index in [2.05, 4.69) is 5.32 Å². The summed E-state index contributed by atoms with van der Waals surface area (Å²) in [5.41, 5.74) is 6.10. The molecule has 4 heterocycles. The van der Waals surface area contributed by atoms with Gasteiger partial charge in [-0.05, 0) is 33.1 Å². The summed E-state index contributed by atoms with van der Waals surface area (Å²) in [6.45, 7) is 6.72. The van der Waals surface area contributed by atoms with Crippen LogP contribution in [0.15, 0.2) is 85.1 Å². The van der Waals surface area contributed by atoms with Crippen molar-refractivity contribution in [3.05, 3.63) is 85.1 Å². The van der Waals surface area contributed by atoms with E-state index >= 15 is 0 Å². The van der Waals surface area contributed by atoms with Crippen molar-refractivity contribution in [3.63, 3.8) is 0 Å². The Morgan fingerprint density at radius 1 is 0.662 bits per heavy atom. The highest BCUT2D eigenvalue weighted by Gasteiger charge is 2.51. The maximum absolute atomic E-state index is 13.9. The van der Waals surface area contributed by atoms with Gasteiger partial charge in [0.1, 0.15) is 12.2 Å². The van der Waals surface area contributed by atoms with Crippen molar-refractivity contribution < 1.29 is 89.4 Å². The molecule has 20 nitrogen and oxygen atoms in total. The van der Waals surface area contributed by atoms with Crippen LogP contribution in [0.2, 0.25) is 0 Å². The zero-order valence-corrected chi connectivity index (χ0v) is 41.1. The molecule has 0 aliphatic carbocycles. The van der Waals surface area contributed by atoms with Gasteiger partial charge in [0.25, 0.3) is 0 Å². The van der Waals surface area contributed by atoms with E-state index in [1.807, 2.05) is 31.2 Å². The minimum Gasteiger partial charge on any atom is -0.462 e.